The molecule has 82 valence electrons. The van der Waals surface area contributed by atoms with E-state index >= 15 is 0 Å². The molecule has 3 nitrogen and oxygen atoms in total. The van der Waals surface area contributed by atoms with Crippen LogP contribution in [0.1, 0.15) is 5.56 Å². The van der Waals surface area contributed by atoms with Gasteiger partial charge in [0, 0.05) is 23.9 Å². The molecule has 0 saturated carbocycles. The van der Waals surface area contributed by atoms with E-state index in [0.29, 0.717) is 11.4 Å². The molecule has 0 saturated heterocycles. The molecule has 1 aromatic heterocycles. The minimum absolute atomic E-state index is 0.565. The van der Waals surface area contributed by atoms with Crippen molar-refractivity contribution < 1.29 is 4.57 Å². The summed E-state index contributed by atoms with van der Waals surface area (Å²) < 4.78 is 1.77. The molecule has 2 aromatic rings. The molecule has 0 spiro atoms. The number of nitrogen functional groups attached to an aromatic ring is 1. The Labute approximate surface area is 100 Å². The molecule has 0 fully saturated rings. The van der Waals surface area contributed by atoms with Gasteiger partial charge in [-0.25, -0.2) is 0 Å². The van der Waals surface area contributed by atoms with Crippen LogP contribution in [0.4, 0.5) is 5.69 Å². The van der Waals surface area contributed by atoms with Crippen LogP contribution in [-0.2, 0) is 0 Å². The minimum atomic E-state index is 0.565. The van der Waals surface area contributed by atoms with Gasteiger partial charge >= 0.3 is 0 Å². The molecule has 0 atom stereocenters. The lowest BCUT2D eigenvalue weighted by atomic mass is 10.2. The van der Waals surface area contributed by atoms with Crippen molar-refractivity contribution in [2.75, 3.05) is 5.73 Å². The average molecular weight is 222 g/mol. The number of benzene rings is 1. The summed E-state index contributed by atoms with van der Waals surface area (Å²) in [5, 5.41) is 9.13. The summed E-state index contributed by atoms with van der Waals surface area (Å²) in [5.41, 5.74) is 7.84. The van der Waals surface area contributed by atoms with Crippen LogP contribution >= 0.6 is 0 Å². The van der Waals surface area contributed by atoms with Crippen LogP contribution in [0, 0.1) is 11.3 Å². The maximum absolute atomic E-state index is 9.13. The third kappa shape index (κ3) is 2.70. The lowest BCUT2D eigenvalue weighted by molar-refractivity contribution is -0.576. The normalized spacial score (nSPS) is 10.9. The quantitative estimate of drug-likeness (QED) is 0.480. The zero-order chi connectivity index (χ0) is 12.1. The van der Waals surface area contributed by atoms with Gasteiger partial charge < -0.3 is 5.73 Å². The highest BCUT2D eigenvalue weighted by molar-refractivity contribution is 5.73. The molecule has 0 bridgehead atoms. The van der Waals surface area contributed by atoms with Crippen LogP contribution in [0.2, 0.25) is 0 Å². The maximum atomic E-state index is 9.13. The Kier molecular flexibility index (Phi) is 3.18. The summed E-state index contributed by atoms with van der Waals surface area (Å²) in [6.07, 6.45) is 5.50. The molecule has 0 aliphatic carbocycles. The molecule has 0 radical (unpaired) electrons. The van der Waals surface area contributed by atoms with Crippen molar-refractivity contribution >= 4 is 17.5 Å². The second kappa shape index (κ2) is 4.95. The monoisotopic (exact) mass is 222 g/mol. The van der Waals surface area contributed by atoms with Crippen molar-refractivity contribution in [2.24, 2.45) is 0 Å². The van der Waals surface area contributed by atoms with Crippen LogP contribution < -0.4 is 10.3 Å². The first-order chi connectivity index (χ1) is 8.29. The maximum Gasteiger partial charge on any atom is 0.289 e. The molecule has 1 heterocycles. The second-order valence-electron chi connectivity index (χ2n) is 3.59. The zero-order valence-electron chi connectivity index (χ0n) is 9.25. The van der Waals surface area contributed by atoms with Crippen molar-refractivity contribution in [3.8, 4) is 6.07 Å². The fourth-order valence-corrected chi connectivity index (χ4v) is 1.47. The standard InChI is InChI=1S/C14H12N3/c15-11-14(17-8-2-1-3-9-17)10-12-4-6-13(16)7-5-12/h1-10H,16H2/q+1/b14-10-. The third-order valence-corrected chi connectivity index (χ3v) is 2.35. The summed E-state index contributed by atoms with van der Waals surface area (Å²) in [6.45, 7) is 0. The van der Waals surface area contributed by atoms with E-state index < -0.39 is 0 Å². The number of rotatable bonds is 2. The van der Waals surface area contributed by atoms with E-state index in [0.717, 1.165) is 5.56 Å². The first kappa shape index (κ1) is 10.9. The van der Waals surface area contributed by atoms with E-state index in [4.69, 9.17) is 11.0 Å². The van der Waals surface area contributed by atoms with E-state index in [1.165, 1.54) is 0 Å². The molecule has 0 aliphatic heterocycles. The number of anilines is 1. The number of hydrogen-bond acceptors (Lipinski definition) is 2. The van der Waals surface area contributed by atoms with Crippen LogP contribution in [0.5, 0.6) is 0 Å². The Morgan fingerprint density at radius 2 is 1.76 bits per heavy atom. The molecule has 0 aliphatic rings. The third-order valence-electron chi connectivity index (χ3n) is 2.35. The van der Waals surface area contributed by atoms with Gasteiger partial charge in [-0.3, -0.25) is 0 Å². The van der Waals surface area contributed by atoms with Gasteiger partial charge in [-0.15, -0.1) is 0 Å². The van der Waals surface area contributed by atoms with Gasteiger partial charge in [-0.2, -0.15) is 9.83 Å². The molecule has 1 aromatic carbocycles. The van der Waals surface area contributed by atoms with Gasteiger partial charge in [0.2, 0.25) is 0 Å². The van der Waals surface area contributed by atoms with E-state index in [9.17, 15) is 0 Å². The van der Waals surface area contributed by atoms with E-state index in [-0.39, 0.29) is 0 Å². The Hall–Kier alpha value is -2.60. The van der Waals surface area contributed by atoms with E-state index in [1.807, 2.05) is 60.9 Å². The van der Waals surface area contributed by atoms with E-state index in [2.05, 4.69) is 6.07 Å². The van der Waals surface area contributed by atoms with Crippen molar-refractivity contribution in [3.05, 3.63) is 60.4 Å². The van der Waals surface area contributed by atoms with Gasteiger partial charge in [0.25, 0.3) is 5.70 Å². The molecule has 17 heavy (non-hydrogen) atoms. The summed E-state index contributed by atoms with van der Waals surface area (Å²) in [6, 6.07) is 15.3. The Bertz CT molecular complexity index is 563. The second-order valence-corrected chi connectivity index (χ2v) is 3.59. The highest BCUT2D eigenvalue weighted by Gasteiger charge is 2.07. The highest BCUT2D eigenvalue weighted by atomic mass is 14.9. The average Bonchev–Trinajstić information content (AvgIpc) is 2.39. The highest BCUT2D eigenvalue weighted by Crippen LogP contribution is 2.09. The largest absolute Gasteiger partial charge is 0.399 e. The minimum Gasteiger partial charge on any atom is -0.399 e. The molecule has 0 amide bonds. The number of pyridine rings is 1. The molecule has 3 heteroatoms. The van der Waals surface area contributed by atoms with Crippen molar-refractivity contribution in [1.29, 1.82) is 5.26 Å². The number of aromatic nitrogens is 1. The predicted octanol–water partition coefficient (Wildman–Crippen LogP) is 2.08. The molecule has 2 rings (SSSR count). The first-order valence-electron chi connectivity index (χ1n) is 5.23. The fourth-order valence-electron chi connectivity index (χ4n) is 1.47. The number of nitrogens with two attached hydrogens (primary N) is 1. The van der Waals surface area contributed by atoms with Crippen LogP contribution in [-0.4, -0.2) is 0 Å². The van der Waals surface area contributed by atoms with Crippen LogP contribution in [0.25, 0.3) is 11.8 Å². The lowest BCUT2D eigenvalue weighted by Gasteiger charge is -1.95. The predicted molar refractivity (Wildman–Crippen MR) is 67.3 cm³/mol. The van der Waals surface area contributed by atoms with Gasteiger partial charge in [0.1, 0.15) is 0 Å². The number of allylic oxidation sites excluding steroid dienone is 1. The van der Waals surface area contributed by atoms with Gasteiger partial charge in [0.15, 0.2) is 18.5 Å². The lowest BCUT2D eigenvalue weighted by Crippen LogP contribution is -2.29. The summed E-state index contributed by atoms with van der Waals surface area (Å²) in [5.74, 6) is 0. The number of hydrogen-bond donors (Lipinski definition) is 1. The summed E-state index contributed by atoms with van der Waals surface area (Å²) >= 11 is 0. The fraction of sp³-hybridized carbons (Fsp3) is 0. The summed E-state index contributed by atoms with van der Waals surface area (Å²) in [4.78, 5) is 0. The number of nitrogens with zero attached hydrogens (tertiary/aromatic N) is 2. The Morgan fingerprint density at radius 3 is 2.35 bits per heavy atom. The number of nitriles is 1. The van der Waals surface area contributed by atoms with Gasteiger partial charge in [0.05, 0.1) is 0 Å². The molecular weight excluding hydrogens is 210 g/mol. The SMILES string of the molecule is N#C/C(=C/c1ccc(N)cc1)[n+]1ccccc1. The van der Waals surface area contributed by atoms with Crippen LogP contribution in [0.3, 0.4) is 0 Å². The molecular formula is C14H12N3+. The Morgan fingerprint density at radius 1 is 1.12 bits per heavy atom. The van der Waals surface area contributed by atoms with Gasteiger partial charge in [-0.1, -0.05) is 18.2 Å². The van der Waals surface area contributed by atoms with Crippen LogP contribution in [0.15, 0.2) is 54.9 Å². The summed E-state index contributed by atoms with van der Waals surface area (Å²) in [7, 11) is 0. The molecule has 2 N–H and O–H groups in total. The zero-order valence-corrected chi connectivity index (χ0v) is 9.25. The van der Waals surface area contributed by atoms with Crippen molar-refractivity contribution in [2.45, 2.75) is 0 Å². The first-order valence-corrected chi connectivity index (χ1v) is 5.23. The van der Waals surface area contributed by atoms with Gasteiger partial charge in [-0.05, 0) is 17.7 Å². The Balaban J connectivity index is 2.37. The smallest absolute Gasteiger partial charge is 0.289 e. The van der Waals surface area contributed by atoms with E-state index in [1.54, 1.807) is 4.57 Å². The van der Waals surface area contributed by atoms with Crippen molar-refractivity contribution in [3.63, 3.8) is 0 Å². The topological polar surface area (TPSA) is 53.7 Å². The molecule has 0 unspecified atom stereocenters. The van der Waals surface area contributed by atoms with Crippen molar-refractivity contribution in [1.82, 2.24) is 0 Å².